The molecule has 0 aromatic heterocycles. The maximum absolute atomic E-state index is 13.4. The van der Waals surface area contributed by atoms with E-state index >= 15 is 0 Å². The van der Waals surface area contributed by atoms with E-state index in [9.17, 15) is 18.0 Å². The van der Waals surface area contributed by atoms with Crippen LogP contribution >= 0.6 is 15.9 Å². The third-order valence-electron chi connectivity index (χ3n) is 2.57. The molecule has 0 saturated heterocycles. The second-order valence-electron chi connectivity index (χ2n) is 4.09. The Morgan fingerprint density at radius 1 is 1.05 bits per heavy atom. The van der Waals surface area contributed by atoms with Crippen LogP contribution in [0.4, 0.5) is 18.9 Å². The first kappa shape index (κ1) is 14.6. The van der Waals surface area contributed by atoms with Gasteiger partial charge in [0.2, 0.25) is 5.91 Å². The van der Waals surface area contributed by atoms with Crippen LogP contribution in [-0.4, -0.2) is 5.91 Å². The zero-order chi connectivity index (χ0) is 14.7. The van der Waals surface area contributed by atoms with Gasteiger partial charge < -0.3 is 5.32 Å². The maximum Gasteiger partial charge on any atom is 0.228 e. The van der Waals surface area contributed by atoms with E-state index in [2.05, 4.69) is 21.2 Å². The van der Waals surface area contributed by atoms with Crippen LogP contribution in [0, 0.1) is 17.5 Å². The molecular formula is C14H9BrF3NO. The monoisotopic (exact) mass is 343 g/mol. The molecule has 6 heteroatoms. The largest absolute Gasteiger partial charge is 0.326 e. The number of nitrogens with one attached hydrogen (secondary N) is 1. The molecule has 2 nitrogen and oxygen atoms in total. The number of halogens is 4. The molecular weight excluding hydrogens is 335 g/mol. The Morgan fingerprint density at radius 3 is 2.45 bits per heavy atom. The molecule has 0 radical (unpaired) electrons. The van der Waals surface area contributed by atoms with Crippen LogP contribution in [0.1, 0.15) is 5.56 Å². The van der Waals surface area contributed by atoms with E-state index in [-0.39, 0.29) is 22.1 Å². The van der Waals surface area contributed by atoms with Crippen LogP contribution in [0.25, 0.3) is 0 Å². The van der Waals surface area contributed by atoms with Gasteiger partial charge in [-0.2, -0.15) is 0 Å². The van der Waals surface area contributed by atoms with E-state index in [0.717, 1.165) is 12.1 Å². The number of anilines is 1. The van der Waals surface area contributed by atoms with Gasteiger partial charge in [0.1, 0.15) is 17.5 Å². The van der Waals surface area contributed by atoms with Crippen molar-refractivity contribution in [2.75, 3.05) is 5.32 Å². The SMILES string of the molecule is O=C(Cc1ccc(F)cc1F)Nc1ccc(Br)c(F)c1. The summed E-state index contributed by atoms with van der Waals surface area (Å²) in [7, 11) is 0. The highest BCUT2D eigenvalue weighted by Crippen LogP contribution is 2.19. The Morgan fingerprint density at radius 2 is 1.80 bits per heavy atom. The normalized spacial score (nSPS) is 10.4. The lowest BCUT2D eigenvalue weighted by molar-refractivity contribution is -0.115. The summed E-state index contributed by atoms with van der Waals surface area (Å²) in [5, 5.41) is 2.44. The summed E-state index contributed by atoms with van der Waals surface area (Å²) in [4.78, 5) is 11.7. The van der Waals surface area contributed by atoms with Crippen molar-refractivity contribution in [2.24, 2.45) is 0 Å². The van der Waals surface area contributed by atoms with Gasteiger partial charge in [-0.1, -0.05) is 6.07 Å². The molecule has 0 atom stereocenters. The molecule has 0 saturated carbocycles. The van der Waals surface area contributed by atoms with Crippen LogP contribution in [0.2, 0.25) is 0 Å². The number of amides is 1. The summed E-state index contributed by atoms with van der Waals surface area (Å²) < 4.78 is 39.7. The first-order valence-corrected chi connectivity index (χ1v) is 6.44. The van der Waals surface area contributed by atoms with Crippen molar-refractivity contribution in [1.29, 1.82) is 0 Å². The number of carbonyl (C=O) groups is 1. The number of benzene rings is 2. The van der Waals surface area contributed by atoms with Crippen LogP contribution in [0.3, 0.4) is 0 Å². The Hall–Kier alpha value is -1.82. The van der Waals surface area contributed by atoms with Crippen LogP contribution in [-0.2, 0) is 11.2 Å². The minimum absolute atomic E-state index is 0.0708. The minimum Gasteiger partial charge on any atom is -0.326 e. The van der Waals surface area contributed by atoms with Crippen molar-refractivity contribution < 1.29 is 18.0 Å². The average Bonchev–Trinajstić information content (AvgIpc) is 2.37. The topological polar surface area (TPSA) is 29.1 Å². The van der Waals surface area contributed by atoms with Crippen molar-refractivity contribution in [3.05, 3.63) is 63.9 Å². The lowest BCUT2D eigenvalue weighted by atomic mass is 10.1. The van der Waals surface area contributed by atoms with Crippen molar-refractivity contribution in [3.63, 3.8) is 0 Å². The van der Waals surface area contributed by atoms with Gasteiger partial charge in [-0.15, -0.1) is 0 Å². The molecule has 1 N–H and O–H groups in total. The molecule has 0 aliphatic rings. The fourth-order valence-electron chi connectivity index (χ4n) is 1.62. The van der Waals surface area contributed by atoms with Gasteiger partial charge in [0.05, 0.1) is 10.9 Å². The highest BCUT2D eigenvalue weighted by Gasteiger charge is 2.10. The van der Waals surface area contributed by atoms with Gasteiger partial charge in [-0.25, -0.2) is 13.2 Å². The third kappa shape index (κ3) is 3.60. The predicted octanol–water partition coefficient (Wildman–Crippen LogP) is 4.05. The predicted molar refractivity (Wildman–Crippen MR) is 72.8 cm³/mol. The smallest absolute Gasteiger partial charge is 0.228 e. The fraction of sp³-hybridized carbons (Fsp3) is 0.0714. The van der Waals surface area contributed by atoms with Crippen molar-refractivity contribution in [2.45, 2.75) is 6.42 Å². The molecule has 0 aliphatic carbocycles. The van der Waals surface area contributed by atoms with Gasteiger partial charge in [-0.05, 0) is 45.8 Å². The van der Waals surface area contributed by atoms with Gasteiger partial charge in [0.15, 0.2) is 0 Å². The first-order chi connectivity index (χ1) is 9.45. The maximum atomic E-state index is 13.4. The summed E-state index contributed by atoms with van der Waals surface area (Å²) in [5.74, 6) is -2.53. The van der Waals surface area contributed by atoms with E-state index in [4.69, 9.17) is 0 Å². The first-order valence-electron chi connectivity index (χ1n) is 5.64. The minimum atomic E-state index is -0.790. The van der Waals surface area contributed by atoms with Gasteiger partial charge in [-0.3, -0.25) is 4.79 Å². The molecule has 2 rings (SSSR count). The molecule has 0 aliphatic heterocycles. The molecule has 2 aromatic carbocycles. The third-order valence-corrected chi connectivity index (χ3v) is 3.21. The molecule has 0 bridgehead atoms. The lowest BCUT2D eigenvalue weighted by Crippen LogP contribution is -2.15. The Labute approximate surface area is 121 Å². The molecule has 0 fully saturated rings. The quantitative estimate of drug-likeness (QED) is 0.894. The number of rotatable bonds is 3. The van der Waals surface area contributed by atoms with Gasteiger partial charge in [0, 0.05) is 11.8 Å². The molecule has 0 heterocycles. The van der Waals surface area contributed by atoms with E-state index in [1.165, 1.54) is 18.2 Å². The van der Waals surface area contributed by atoms with E-state index in [1.807, 2.05) is 0 Å². The van der Waals surface area contributed by atoms with Crippen LogP contribution in [0.5, 0.6) is 0 Å². The zero-order valence-corrected chi connectivity index (χ0v) is 11.7. The number of hydrogen-bond donors (Lipinski definition) is 1. The average molecular weight is 344 g/mol. The second kappa shape index (κ2) is 6.09. The molecule has 0 spiro atoms. The highest BCUT2D eigenvalue weighted by atomic mass is 79.9. The standard InChI is InChI=1S/C14H9BrF3NO/c15-11-4-3-10(7-13(11)18)19-14(20)5-8-1-2-9(16)6-12(8)17/h1-4,6-7H,5H2,(H,19,20). The summed E-state index contributed by atoms with van der Waals surface area (Å²) >= 11 is 2.99. The summed E-state index contributed by atoms with van der Waals surface area (Å²) in [6.07, 6.45) is -0.260. The zero-order valence-electron chi connectivity index (χ0n) is 10.1. The van der Waals surface area contributed by atoms with E-state index < -0.39 is 23.4 Å². The van der Waals surface area contributed by atoms with Crippen molar-refractivity contribution >= 4 is 27.5 Å². The Kier molecular flexibility index (Phi) is 4.44. The van der Waals surface area contributed by atoms with E-state index in [1.54, 1.807) is 0 Å². The van der Waals surface area contributed by atoms with Gasteiger partial charge in [0.25, 0.3) is 0 Å². The highest BCUT2D eigenvalue weighted by molar-refractivity contribution is 9.10. The number of carbonyl (C=O) groups excluding carboxylic acids is 1. The molecule has 104 valence electrons. The van der Waals surface area contributed by atoms with Gasteiger partial charge >= 0.3 is 0 Å². The van der Waals surface area contributed by atoms with Crippen LogP contribution < -0.4 is 5.32 Å². The Balaban J connectivity index is 2.07. The molecule has 1 amide bonds. The number of hydrogen-bond acceptors (Lipinski definition) is 1. The van der Waals surface area contributed by atoms with Crippen molar-refractivity contribution in [1.82, 2.24) is 0 Å². The van der Waals surface area contributed by atoms with Crippen molar-refractivity contribution in [3.8, 4) is 0 Å². The fourth-order valence-corrected chi connectivity index (χ4v) is 1.86. The summed E-state index contributed by atoms with van der Waals surface area (Å²) in [6, 6.07) is 7.08. The summed E-state index contributed by atoms with van der Waals surface area (Å²) in [5.41, 5.74) is 0.333. The molecule has 20 heavy (non-hydrogen) atoms. The molecule has 2 aromatic rings. The van der Waals surface area contributed by atoms with E-state index in [0.29, 0.717) is 6.07 Å². The van der Waals surface area contributed by atoms with Crippen LogP contribution in [0.15, 0.2) is 40.9 Å². The summed E-state index contributed by atoms with van der Waals surface area (Å²) in [6.45, 7) is 0. The Bertz CT molecular complexity index is 661. The lowest BCUT2D eigenvalue weighted by Gasteiger charge is -2.07. The second-order valence-corrected chi connectivity index (χ2v) is 4.94. The molecule has 0 unspecified atom stereocenters.